The quantitative estimate of drug-likeness (QED) is 0.561. The maximum absolute atomic E-state index is 4.00. The van der Waals surface area contributed by atoms with Gasteiger partial charge in [0.1, 0.15) is 0 Å². The summed E-state index contributed by atoms with van der Waals surface area (Å²) in [4.78, 5) is 0. The van der Waals surface area contributed by atoms with Crippen LogP contribution < -0.4 is 0 Å². The monoisotopic (exact) mass is 180 g/mol. The predicted molar refractivity (Wildman–Crippen MR) is 59.6 cm³/mol. The second-order valence-electron chi connectivity index (χ2n) is 5.17. The first-order valence-electron chi connectivity index (χ1n) is 5.70. The molecule has 0 amide bonds. The molecule has 4 unspecified atom stereocenters. The molecule has 0 bridgehead atoms. The van der Waals surface area contributed by atoms with Gasteiger partial charge >= 0.3 is 0 Å². The van der Waals surface area contributed by atoms with Crippen molar-refractivity contribution < 1.29 is 0 Å². The Balaban J connectivity index is 2.77. The molecular weight excluding hydrogens is 156 g/mol. The standard InChI is InChI=1S/C13H24/c1-6-12-10(4)7-8-11(5)13(12)9(2)3/h6,9-13H,1,7-8H2,2-5H3. The van der Waals surface area contributed by atoms with Crippen molar-refractivity contribution in [3.8, 4) is 0 Å². The number of rotatable bonds is 2. The largest absolute Gasteiger partial charge is 0.103 e. The zero-order valence-corrected chi connectivity index (χ0v) is 9.59. The van der Waals surface area contributed by atoms with E-state index in [4.69, 9.17) is 0 Å². The van der Waals surface area contributed by atoms with Crippen LogP contribution >= 0.6 is 0 Å². The van der Waals surface area contributed by atoms with Gasteiger partial charge in [-0.15, -0.1) is 6.58 Å². The number of hydrogen-bond donors (Lipinski definition) is 0. The Hall–Kier alpha value is -0.260. The van der Waals surface area contributed by atoms with Gasteiger partial charge in [0.05, 0.1) is 0 Å². The van der Waals surface area contributed by atoms with E-state index in [9.17, 15) is 0 Å². The van der Waals surface area contributed by atoms with Gasteiger partial charge in [-0.3, -0.25) is 0 Å². The molecule has 0 aromatic carbocycles. The fourth-order valence-corrected chi connectivity index (χ4v) is 3.16. The van der Waals surface area contributed by atoms with E-state index in [-0.39, 0.29) is 0 Å². The van der Waals surface area contributed by atoms with E-state index in [1.165, 1.54) is 12.8 Å². The summed E-state index contributed by atoms with van der Waals surface area (Å²) in [5.41, 5.74) is 0. The second kappa shape index (κ2) is 4.30. The Bertz CT molecular complexity index is 169. The van der Waals surface area contributed by atoms with Crippen molar-refractivity contribution in [2.24, 2.45) is 29.6 Å². The third-order valence-corrected chi connectivity index (χ3v) is 3.88. The molecule has 76 valence electrons. The Kier molecular flexibility index (Phi) is 3.58. The van der Waals surface area contributed by atoms with Crippen LogP contribution in [0, 0.1) is 29.6 Å². The zero-order chi connectivity index (χ0) is 10.0. The van der Waals surface area contributed by atoms with Crippen LogP contribution in [0.3, 0.4) is 0 Å². The molecule has 0 saturated heterocycles. The molecular formula is C13H24. The van der Waals surface area contributed by atoms with Crippen LogP contribution in [0.2, 0.25) is 0 Å². The summed E-state index contributed by atoms with van der Waals surface area (Å²) in [5.74, 6) is 4.16. The van der Waals surface area contributed by atoms with Crippen LogP contribution in [0.1, 0.15) is 40.5 Å². The SMILES string of the molecule is C=CC1C(C)CCC(C)C1C(C)C. The fourth-order valence-electron chi connectivity index (χ4n) is 3.16. The Labute approximate surface area is 83.4 Å². The minimum atomic E-state index is 0.753. The summed E-state index contributed by atoms with van der Waals surface area (Å²) in [6.45, 7) is 13.5. The molecule has 0 nitrogen and oxygen atoms in total. The minimum absolute atomic E-state index is 0.753. The van der Waals surface area contributed by atoms with E-state index in [1.54, 1.807) is 0 Å². The summed E-state index contributed by atoms with van der Waals surface area (Å²) in [7, 11) is 0. The van der Waals surface area contributed by atoms with Crippen molar-refractivity contribution in [1.29, 1.82) is 0 Å². The van der Waals surface area contributed by atoms with Gasteiger partial charge in [0.2, 0.25) is 0 Å². The molecule has 1 saturated carbocycles. The van der Waals surface area contributed by atoms with Gasteiger partial charge in [0, 0.05) is 0 Å². The lowest BCUT2D eigenvalue weighted by Gasteiger charge is -2.41. The highest BCUT2D eigenvalue weighted by molar-refractivity contribution is 4.94. The van der Waals surface area contributed by atoms with E-state index in [0.717, 1.165) is 29.6 Å². The van der Waals surface area contributed by atoms with Crippen LogP contribution in [-0.4, -0.2) is 0 Å². The van der Waals surface area contributed by atoms with Gasteiger partial charge in [-0.2, -0.15) is 0 Å². The lowest BCUT2D eigenvalue weighted by atomic mass is 9.64. The molecule has 0 spiro atoms. The fraction of sp³-hybridized carbons (Fsp3) is 0.846. The molecule has 0 radical (unpaired) electrons. The lowest BCUT2D eigenvalue weighted by Crippen LogP contribution is -2.34. The van der Waals surface area contributed by atoms with Crippen molar-refractivity contribution >= 4 is 0 Å². The van der Waals surface area contributed by atoms with E-state index in [2.05, 4.69) is 40.3 Å². The first-order chi connectivity index (χ1) is 6.07. The van der Waals surface area contributed by atoms with Crippen LogP contribution in [0.4, 0.5) is 0 Å². The van der Waals surface area contributed by atoms with Gasteiger partial charge in [-0.1, -0.05) is 40.2 Å². The van der Waals surface area contributed by atoms with Gasteiger partial charge in [-0.05, 0) is 36.0 Å². The van der Waals surface area contributed by atoms with Crippen molar-refractivity contribution in [2.75, 3.05) is 0 Å². The average Bonchev–Trinajstić information content (AvgIpc) is 2.07. The van der Waals surface area contributed by atoms with Gasteiger partial charge in [-0.25, -0.2) is 0 Å². The lowest BCUT2D eigenvalue weighted by molar-refractivity contribution is 0.102. The van der Waals surface area contributed by atoms with Crippen LogP contribution in [-0.2, 0) is 0 Å². The zero-order valence-electron chi connectivity index (χ0n) is 9.59. The first kappa shape index (κ1) is 10.8. The molecule has 0 aromatic rings. The summed E-state index contributed by atoms with van der Waals surface area (Å²) in [6, 6.07) is 0. The molecule has 1 aliphatic carbocycles. The van der Waals surface area contributed by atoms with E-state index in [0.29, 0.717) is 0 Å². The average molecular weight is 180 g/mol. The molecule has 1 aliphatic rings. The second-order valence-corrected chi connectivity index (χ2v) is 5.17. The van der Waals surface area contributed by atoms with Crippen molar-refractivity contribution in [1.82, 2.24) is 0 Å². The van der Waals surface area contributed by atoms with Gasteiger partial charge < -0.3 is 0 Å². The smallest absolute Gasteiger partial charge is 0.0177 e. The molecule has 13 heavy (non-hydrogen) atoms. The minimum Gasteiger partial charge on any atom is -0.103 e. The van der Waals surface area contributed by atoms with Crippen molar-refractivity contribution in [2.45, 2.75) is 40.5 Å². The Morgan fingerprint density at radius 2 is 1.69 bits per heavy atom. The normalized spacial score (nSPS) is 40.7. The topological polar surface area (TPSA) is 0 Å². The van der Waals surface area contributed by atoms with Crippen molar-refractivity contribution in [3.05, 3.63) is 12.7 Å². The highest BCUT2D eigenvalue weighted by atomic mass is 14.4. The number of allylic oxidation sites excluding steroid dienone is 1. The molecule has 1 rings (SSSR count). The highest BCUT2D eigenvalue weighted by Gasteiger charge is 2.34. The molecule has 0 heterocycles. The number of hydrogen-bond acceptors (Lipinski definition) is 0. The third-order valence-electron chi connectivity index (χ3n) is 3.88. The molecule has 0 heteroatoms. The first-order valence-corrected chi connectivity index (χ1v) is 5.70. The van der Waals surface area contributed by atoms with Gasteiger partial charge in [0.25, 0.3) is 0 Å². The van der Waals surface area contributed by atoms with Crippen molar-refractivity contribution in [3.63, 3.8) is 0 Å². The molecule has 0 aliphatic heterocycles. The summed E-state index contributed by atoms with van der Waals surface area (Å²) in [5, 5.41) is 0. The van der Waals surface area contributed by atoms with E-state index >= 15 is 0 Å². The maximum atomic E-state index is 4.00. The third kappa shape index (κ3) is 2.15. The molecule has 1 fully saturated rings. The van der Waals surface area contributed by atoms with Crippen LogP contribution in [0.25, 0.3) is 0 Å². The highest BCUT2D eigenvalue weighted by Crippen LogP contribution is 2.42. The Morgan fingerprint density at radius 3 is 2.08 bits per heavy atom. The predicted octanol–water partition coefficient (Wildman–Crippen LogP) is 4.13. The molecule has 0 N–H and O–H groups in total. The Morgan fingerprint density at radius 1 is 1.15 bits per heavy atom. The molecule has 4 atom stereocenters. The van der Waals surface area contributed by atoms with Gasteiger partial charge in [0.15, 0.2) is 0 Å². The maximum Gasteiger partial charge on any atom is -0.0177 e. The summed E-state index contributed by atoms with van der Waals surface area (Å²) < 4.78 is 0. The molecule has 0 aromatic heterocycles. The van der Waals surface area contributed by atoms with E-state index < -0.39 is 0 Å². The summed E-state index contributed by atoms with van der Waals surface area (Å²) >= 11 is 0. The summed E-state index contributed by atoms with van der Waals surface area (Å²) in [6.07, 6.45) is 5.00. The van der Waals surface area contributed by atoms with Crippen LogP contribution in [0.15, 0.2) is 12.7 Å². The van der Waals surface area contributed by atoms with E-state index in [1.807, 2.05) is 0 Å². The van der Waals surface area contributed by atoms with Crippen LogP contribution in [0.5, 0.6) is 0 Å².